The van der Waals surface area contributed by atoms with E-state index in [9.17, 15) is 15.2 Å². The average Bonchev–Trinajstić information content (AvgIpc) is 2.23. The third-order valence-corrected chi connectivity index (χ3v) is 2.75. The van der Waals surface area contributed by atoms with E-state index >= 15 is 0 Å². The van der Waals surface area contributed by atoms with Gasteiger partial charge in [0.15, 0.2) is 0 Å². The second-order valence-corrected chi connectivity index (χ2v) is 3.97. The summed E-state index contributed by atoms with van der Waals surface area (Å²) in [5.74, 6) is 0. The molecule has 84 valence electrons. The molecule has 1 aliphatic carbocycles. The Labute approximate surface area is 92.6 Å². The maximum Gasteiger partial charge on any atom is 0.258 e. The normalized spacial score (nSPS) is 23.6. The van der Waals surface area contributed by atoms with Crippen molar-refractivity contribution in [1.82, 2.24) is 4.98 Å². The molecule has 0 aliphatic heterocycles. The molecular formula is C11H12N2O3. The number of pyridine rings is 1. The first-order chi connectivity index (χ1) is 7.50. The molecule has 0 saturated heterocycles. The summed E-state index contributed by atoms with van der Waals surface area (Å²) in [6.07, 6.45) is 0.649. The Morgan fingerprint density at radius 3 is 2.75 bits per heavy atom. The lowest BCUT2D eigenvalue weighted by Crippen LogP contribution is -2.20. The smallest absolute Gasteiger partial charge is 0.258 e. The van der Waals surface area contributed by atoms with Crippen LogP contribution in [0.3, 0.4) is 0 Å². The Hall–Kier alpha value is -1.75. The summed E-state index contributed by atoms with van der Waals surface area (Å²) >= 11 is 0. The first-order valence-corrected chi connectivity index (χ1v) is 4.98. The van der Waals surface area contributed by atoms with Crippen LogP contribution in [0.25, 0.3) is 0 Å². The molecule has 0 amide bonds. The van der Waals surface area contributed by atoms with Gasteiger partial charge in [0.05, 0.1) is 11.3 Å². The quantitative estimate of drug-likeness (QED) is 0.444. The Morgan fingerprint density at radius 2 is 2.12 bits per heavy atom. The van der Waals surface area contributed by atoms with Gasteiger partial charge in [0, 0.05) is 10.6 Å². The van der Waals surface area contributed by atoms with E-state index in [1.165, 1.54) is 6.08 Å². The SMILES string of the molecule is CC1=CC([N+](=O)[O-])c2ccc(C)nc2C1O. The fourth-order valence-corrected chi connectivity index (χ4v) is 1.88. The lowest BCUT2D eigenvalue weighted by atomic mass is 9.90. The van der Waals surface area contributed by atoms with Crippen molar-refractivity contribution in [2.45, 2.75) is 26.0 Å². The standard InChI is InChI=1S/C11H12N2O3/c1-6-5-9(13(15)16)8-4-3-7(2)12-10(8)11(6)14/h3-5,9,11,14H,1-2H3. The van der Waals surface area contributed by atoms with Crippen LogP contribution in [-0.2, 0) is 0 Å². The fourth-order valence-electron chi connectivity index (χ4n) is 1.88. The van der Waals surface area contributed by atoms with Gasteiger partial charge in [-0.1, -0.05) is 0 Å². The largest absolute Gasteiger partial charge is 0.382 e. The third-order valence-electron chi connectivity index (χ3n) is 2.75. The summed E-state index contributed by atoms with van der Waals surface area (Å²) in [7, 11) is 0. The summed E-state index contributed by atoms with van der Waals surface area (Å²) < 4.78 is 0. The molecule has 0 spiro atoms. The zero-order chi connectivity index (χ0) is 11.9. The van der Waals surface area contributed by atoms with Gasteiger partial charge in [-0.25, -0.2) is 0 Å². The molecule has 5 heteroatoms. The number of fused-ring (bicyclic) bond motifs is 1. The van der Waals surface area contributed by atoms with Crippen LogP contribution in [-0.4, -0.2) is 15.0 Å². The number of aliphatic hydroxyl groups excluding tert-OH is 1. The molecule has 1 N–H and O–H groups in total. The van der Waals surface area contributed by atoms with E-state index in [-0.39, 0.29) is 4.92 Å². The highest BCUT2D eigenvalue weighted by atomic mass is 16.6. The molecule has 1 aromatic heterocycles. The zero-order valence-electron chi connectivity index (χ0n) is 9.04. The van der Waals surface area contributed by atoms with Crippen molar-refractivity contribution in [2.75, 3.05) is 0 Å². The fraction of sp³-hybridized carbons (Fsp3) is 0.364. The molecule has 5 nitrogen and oxygen atoms in total. The first-order valence-electron chi connectivity index (χ1n) is 4.98. The predicted octanol–water partition coefficient (Wildman–Crippen LogP) is 1.70. The Morgan fingerprint density at radius 1 is 1.44 bits per heavy atom. The van der Waals surface area contributed by atoms with Gasteiger partial charge in [-0.3, -0.25) is 15.1 Å². The van der Waals surface area contributed by atoms with E-state index in [0.29, 0.717) is 16.8 Å². The van der Waals surface area contributed by atoms with Crippen LogP contribution < -0.4 is 0 Å². The average molecular weight is 220 g/mol. The lowest BCUT2D eigenvalue weighted by Gasteiger charge is -2.22. The van der Waals surface area contributed by atoms with Crippen molar-refractivity contribution >= 4 is 0 Å². The van der Waals surface area contributed by atoms with Crippen molar-refractivity contribution in [2.24, 2.45) is 0 Å². The van der Waals surface area contributed by atoms with Gasteiger partial charge in [0.25, 0.3) is 6.04 Å². The molecule has 2 unspecified atom stereocenters. The minimum atomic E-state index is -0.897. The van der Waals surface area contributed by atoms with Crippen molar-refractivity contribution in [3.8, 4) is 0 Å². The number of aromatic nitrogens is 1. The van der Waals surface area contributed by atoms with Crippen molar-refractivity contribution < 1.29 is 10.0 Å². The van der Waals surface area contributed by atoms with Gasteiger partial charge < -0.3 is 5.11 Å². The number of hydrogen-bond donors (Lipinski definition) is 1. The highest BCUT2D eigenvalue weighted by Crippen LogP contribution is 2.35. The van der Waals surface area contributed by atoms with Crippen LogP contribution >= 0.6 is 0 Å². The molecule has 1 heterocycles. The highest BCUT2D eigenvalue weighted by molar-refractivity contribution is 5.37. The second-order valence-electron chi connectivity index (χ2n) is 3.97. The second kappa shape index (κ2) is 3.68. The molecule has 0 bridgehead atoms. The Bertz CT molecular complexity index is 482. The van der Waals surface area contributed by atoms with E-state index in [1.54, 1.807) is 26.0 Å². The van der Waals surface area contributed by atoms with Crippen LogP contribution in [0.4, 0.5) is 0 Å². The monoisotopic (exact) mass is 220 g/mol. The van der Waals surface area contributed by atoms with Gasteiger partial charge in [-0.2, -0.15) is 0 Å². The van der Waals surface area contributed by atoms with Gasteiger partial charge >= 0.3 is 0 Å². The predicted molar refractivity (Wildman–Crippen MR) is 57.4 cm³/mol. The van der Waals surface area contributed by atoms with Gasteiger partial charge in [0.1, 0.15) is 6.10 Å². The minimum absolute atomic E-state index is 0.370. The summed E-state index contributed by atoms with van der Waals surface area (Å²) in [4.78, 5) is 14.7. The van der Waals surface area contributed by atoms with Crippen molar-refractivity contribution in [1.29, 1.82) is 0 Å². The summed E-state index contributed by atoms with van der Waals surface area (Å²) in [5.41, 5.74) is 2.21. The number of aliphatic hydroxyl groups is 1. The number of nitro groups is 1. The van der Waals surface area contributed by atoms with Crippen LogP contribution in [0.1, 0.15) is 36.0 Å². The van der Waals surface area contributed by atoms with Crippen LogP contribution in [0.15, 0.2) is 23.8 Å². The molecule has 0 fully saturated rings. The van der Waals surface area contributed by atoms with Gasteiger partial charge in [-0.15, -0.1) is 0 Å². The molecule has 0 radical (unpaired) electrons. The van der Waals surface area contributed by atoms with Gasteiger partial charge in [-0.05, 0) is 37.6 Å². The molecule has 1 aliphatic rings. The van der Waals surface area contributed by atoms with E-state index in [0.717, 1.165) is 5.69 Å². The summed E-state index contributed by atoms with van der Waals surface area (Å²) in [6, 6.07) is 2.49. The Balaban J connectivity index is 2.60. The van der Waals surface area contributed by atoms with Crippen LogP contribution in [0, 0.1) is 17.0 Å². The van der Waals surface area contributed by atoms with Gasteiger partial charge in [0.2, 0.25) is 0 Å². The third kappa shape index (κ3) is 1.59. The summed E-state index contributed by atoms with van der Waals surface area (Å²) in [5, 5.41) is 20.8. The molecule has 0 aromatic carbocycles. The molecular weight excluding hydrogens is 208 g/mol. The van der Waals surface area contributed by atoms with Crippen LogP contribution in [0.5, 0.6) is 0 Å². The van der Waals surface area contributed by atoms with E-state index in [2.05, 4.69) is 4.98 Å². The maximum absolute atomic E-state index is 10.9. The van der Waals surface area contributed by atoms with E-state index < -0.39 is 12.1 Å². The highest BCUT2D eigenvalue weighted by Gasteiger charge is 2.32. The number of hydrogen-bond acceptors (Lipinski definition) is 4. The first kappa shape index (κ1) is 10.8. The topological polar surface area (TPSA) is 76.3 Å². The molecule has 16 heavy (non-hydrogen) atoms. The molecule has 2 rings (SSSR count). The van der Waals surface area contributed by atoms with Crippen molar-refractivity contribution in [3.63, 3.8) is 0 Å². The van der Waals surface area contributed by atoms with Crippen molar-refractivity contribution in [3.05, 3.63) is 50.8 Å². The Kier molecular flexibility index (Phi) is 2.47. The minimum Gasteiger partial charge on any atom is -0.382 e. The van der Waals surface area contributed by atoms with Crippen LogP contribution in [0.2, 0.25) is 0 Å². The molecule has 1 aromatic rings. The van der Waals surface area contributed by atoms with E-state index in [1.807, 2.05) is 0 Å². The molecule has 2 atom stereocenters. The lowest BCUT2D eigenvalue weighted by molar-refractivity contribution is -0.516. The number of rotatable bonds is 1. The zero-order valence-corrected chi connectivity index (χ0v) is 9.04. The van der Waals surface area contributed by atoms with E-state index in [4.69, 9.17) is 0 Å². The number of nitrogens with zero attached hydrogens (tertiary/aromatic N) is 2. The number of aryl methyl sites for hydroxylation is 1. The molecule has 0 saturated carbocycles. The summed E-state index contributed by atoms with van der Waals surface area (Å²) in [6.45, 7) is 3.47. The maximum atomic E-state index is 10.9.